The number of halogens is 3. The minimum atomic E-state index is -4.25. The third-order valence-electron chi connectivity index (χ3n) is 1.98. The van der Waals surface area contributed by atoms with Gasteiger partial charge < -0.3 is 4.90 Å². The Kier molecular flexibility index (Phi) is 2.80. The number of likely N-dealkylation sites (N-methyl/N-ethyl adjacent to an activating group) is 1. The van der Waals surface area contributed by atoms with E-state index in [9.17, 15) is 18.0 Å². The lowest BCUT2D eigenvalue weighted by atomic mass is 10.2. The van der Waals surface area contributed by atoms with Crippen molar-refractivity contribution in [3.8, 4) is 0 Å². The standard InChI is InChI=1S/C7H11F3N2O/c1-12-3-2-5(6(12)13)11-4-7(8,9)10/h5,11H,2-4H2,1H3. The summed E-state index contributed by atoms with van der Waals surface area (Å²) in [5.41, 5.74) is 0. The fourth-order valence-electron chi connectivity index (χ4n) is 1.25. The van der Waals surface area contributed by atoms with Crippen molar-refractivity contribution >= 4 is 5.91 Å². The number of hydrogen-bond donors (Lipinski definition) is 1. The quantitative estimate of drug-likeness (QED) is 0.692. The van der Waals surface area contributed by atoms with Crippen LogP contribution in [0, 0.1) is 0 Å². The van der Waals surface area contributed by atoms with Crippen LogP contribution in [0.2, 0.25) is 0 Å². The summed E-state index contributed by atoms with van der Waals surface area (Å²) in [7, 11) is 1.58. The predicted octanol–water partition coefficient (Wildman–Crippen LogP) is 0.369. The van der Waals surface area contributed by atoms with Crippen molar-refractivity contribution in [3.05, 3.63) is 0 Å². The first-order chi connectivity index (χ1) is 5.90. The van der Waals surface area contributed by atoms with Crippen LogP contribution in [-0.4, -0.2) is 43.2 Å². The summed E-state index contributed by atoms with van der Waals surface area (Å²) < 4.78 is 35.2. The van der Waals surface area contributed by atoms with Gasteiger partial charge in [-0.3, -0.25) is 10.1 Å². The summed E-state index contributed by atoms with van der Waals surface area (Å²) in [6, 6.07) is -0.661. The largest absolute Gasteiger partial charge is 0.401 e. The smallest absolute Gasteiger partial charge is 0.344 e. The second-order valence-electron chi connectivity index (χ2n) is 3.10. The van der Waals surface area contributed by atoms with E-state index in [0.29, 0.717) is 13.0 Å². The van der Waals surface area contributed by atoms with E-state index in [1.54, 1.807) is 7.05 Å². The summed E-state index contributed by atoms with van der Waals surface area (Å²) in [4.78, 5) is 12.5. The highest BCUT2D eigenvalue weighted by Gasteiger charge is 2.33. The summed E-state index contributed by atoms with van der Waals surface area (Å²) in [5.74, 6) is -0.260. The summed E-state index contributed by atoms with van der Waals surface area (Å²) in [6.45, 7) is -0.578. The van der Waals surface area contributed by atoms with E-state index in [-0.39, 0.29) is 5.91 Å². The van der Waals surface area contributed by atoms with E-state index in [0.717, 1.165) is 0 Å². The Morgan fingerprint density at radius 3 is 2.62 bits per heavy atom. The van der Waals surface area contributed by atoms with Gasteiger partial charge in [0.15, 0.2) is 0 Å². The minimum absolute atomic E-state index is 0.260. The van der Waals surface area contributed by atoms with Gasteiger partial charge in [0.05, 0.1) is 12.6 Å². The van der Waals surface area contributed by atoms with Crippen LogP contribution >= 0.6 is 0 Å². The number of hydrogen-bond acceptors (Lipinski definition) is 2. The molecule has 0 aromatic rings. The third-order valence-corrected chi connectivity index (χ3v) is 1.98. The first kappa shape index (κ1) is 10.3. The van der Waals surface area contributed by atoms with Crippen molar-refractivity contribution in [1.82, 2.24) is 10.2 Å². The molecule has 1 aliphatic heterocycles. The van der Waals surface area contributed by atoms with Crippen molar-refractivity contribution < 1.29 is 18.0 Å². The van der Waals surface area contributed by atoms with E-state index >= 15 is 0 Å². The molecule has 1 N–H and O–H groups in total. The fourth-order valence-corrected chi connectivity index (χ4v) is 1.25. The van der Waals surface area contributed by atoms with Crippen LogP contribution in [0.4, 0.5) is 13.2 Å². The molecule has 0 saturated carbocycles. The molecule has 1 amide bonds. The Labute approximate surface area is 73.9 Å². The normalized spacial score (nSPS) is 24.2. The number of rotatable bonds is 2. The molecule has 0 spiro atoms. The molecule has 1 heterocycles. The Balaban J connectivity index is 2.35. The number of likely N-dealkylation sites (tertiary alicyclic amines) is 1. The van der Waals surface area contributed by atoms with Crippen molar-refractivity contribution in [2.24, 2.45) is 0 Å². The zero-order valence-electron chi connectivity index (χ0n) is 7.19. The van der Waals surface area contributed by atoms with E-state index in [1.165, 1.54) is 4.90 Å². The van der Waals surface area contributed by atoms with Gasteiger partial charge in [-0.25, -0.2) is 0 Å². The first-order valence-electron chi connectivity index (χ1n) is 3.95. The number of nitrogens with one attached hydrogen (secondary N) is 1. The number of amides is 1. The molecule has 3 nitrogen and oxygen atoms in total. The van der Waals surface area contributed by atoms with Gasteiger partial charge in [-0.15, -0.1) is 0 Å². The highest BCUT2D eigenvalue weighted by Crippen LogP contribution is 2.15. The SMILES string of the molecule is CN1CCC(NCC(F)(F)F)C1=O. The number of nitrogens with zero attached hydrogens (tertiary/aromatic N) is 1. The second kappa shape index (κ2) is 3.53. The van der Waals surface area contributed by atoms with Crippen LogP contribution in [0.25, 0.3) is 0 Å². The Bertz CT molecular complexity index is 204. The maximum atomic E-state index is 11.7. The highest BCUT2D eigenvalue weighted by molar-refractivity contribution is 5.83. The van der Waals surface area contributed by atoms with Crippen LogP contribution in [0.15, 0.2) is 0 Å². The molecule has 1 saturated heterocycles. The predicted molar refractivity (Wildman–Crippen MR) is 40.1 cm³/mol. The average Bonchev–Trinajstić information content (AvgIpc) is 2.29. The Morgan fingerprint density at radius 2 is 2.23 bits per heavy atom. The van der Waals surface area contributed by atoms with Gasteiger partial charge in [-0.1, -0.05) is 0 Å². The molecular weight excluding hydrogens is 185 g/mol. The van der Waals surface area contributed by atoms with Crippen molar-refractivity contribution in [3.63, 3.8) is 0 Å². The van der Waals surface area contributed by atoms with Crippen molar-refractivity contribution in [2.45, 2.75) is 18.6 Å². The first-order valence-corrected chi connectivity index (χ1v) is 3.95. The second-order valence-corrected chi connectivity index (χ2v) is 3.10. The van der Waals surface area contributed by atoms with Gasteiger partial charge in [0.25, 0.3) is 0 Å². The van der Waals surface area contributed by atoms with Gasteiger partial charge in [-0.2, -0.15) is 13.2 Å². The minimum Gasteiger partial charge on any atom is -0.344 e. The zero-order valence-corrected chi connectivity index (χ0v) is 7.19. The number of alkyl halides is 3. The van der Waals surface area contributed by atoms with Crippen LogP contribution in [0.3, 0.4) is 0 Å². The summed E-state index contributed by atoms with van der Waals surface area (Å²) in [5, 5.41) is 2.19. The molecule has 1 unspecified atom stereocenters. The van der Waals surface area contributed by atoms with E-state index in [4.69, 9.17) is 0 Å². The summed E-state index contributed by atoms with van der Waals surface area (Å²) >= 11 is 0. The Hall–Kier alpha value is -0.780. The molecule has 1 atom stereocenters. The lowest BCUT2D eigenvalue weighted by Gasteiger charge is -2.13. The lowest BCUT2D eigenvalue weighted by Crippen LogP contribution is -2.41. The van der Waals surface area contributed by atoms with Crippen LogP contribution in [0.1, 0.15) is 6.42 Å². The van der Waals surface area contributed by atoms with E-state index < -0.39 is 18.8 Å². The van der Waals surface area contributed by atoms with E-state index in [2.05, 4.69) is 5.32 Å². The number of carbonyl (C=O) groups is 1. The van der Waals surface area contributed by atoms with Gasteiger partial charge in [0, 0.05) is 13.6 Å². The molecule has 0 aromatic carbocycles. The molecule has 76 valence electrons. The van der Waals surface area contributed by atoms with Crippen LogP contribution < -0.4 is 5.32 Å². The molecule has 0 radical (unpaired) electrons. The monoisotopic (exact) mass is 196 g/mol. The molecule has 1 aliphatic rings. The van der Waals surface area contributed by atoms with Gasteiger partial charge in [-0.05, 0) is 6.42 Å². The highest BCUT2D eigenvalue weighted by atomic mass is 19.4. The van der Waals surface area contributed by atoms with Crippen molar-refractivity contribution in [2.75, 3.05) is 20.1 Å². The molecule has 1 fully saturated rings. The average molecular weight is 196 g/mol. The molecular formula is C7H11F3N2O. The van der Waals surface area contributed by atoms with Gasteiger partial charge >= 0.3 is 6.18 Å². The molecule has 0 bridgehead atoms. The molecule has 0 aliphatic carbocycles. The number of carbonyl (C=O) groups excluding carboxylic acids is 1. The maximum absolute atomic E-state index is 11.7. The third kappa shape index (κ3) is 2.87. The molecule has 6 heteroatoms. The van der Waals surface area contributed by atoms with Gasteiger partial charge in [0.2, 0.25) is 5.91 Å². The molecule has 1 rings (SSSR count). The zero-order chi connectivity index (χ0) is 10.1. The van der Waals surface area contributed by atoms with E-state index in [1.807, 2.05) is 0 Å². The topological polar surface area (TPSA) is 32.3 Å². The summed E-state index contributed by atoms with van der Waals surface area (Å²) in [6.07, 6.45) is -3.80. The van der Waals surface area contributed by atoms with Crippen molar-refractivity contribution in [1.29, 1.82) is 0 Å². The lowest BCUT2D eigenvalue weighted by molar-refractivity contribution is -0.134. The van der Waals surface area contributed by atoms with Crippen LogP contribution in [-0.2, 0) is 4.79 Å². The van der Waals surface area contributed by atoms with Crippen LogP contribution in [0.5, 0.6) is 0 Å². The maximum Gasteiger partial charge on any atom is 0.401 e. The molecule has 13 heavy (non-hydrogen) atoms. The fraction of sp³-hybridized carbons (Fsp3) is 0.857. The van der Waals surface area contributed by atoms with Gasteiger partial charge in [0.1, 0.15) is 0 Å². The molecule has 0 aromatic heterocycles. The Morgan fingerprint density at radius 1 is 1.62 bits per heavy atom.